The molecule has 3 rings (SSSR count). The average Bonchev–Trinajstić information content (AvgIpc) is 2.87. The van der Waals surface area contributed by atoms with E-state index in [2.05, 4.69) is 12.2 Å². The summed E-state index contributed by atoms with van der Waals surface area (Å²) in [5.41, 5.74) is 2.19. The Bertz CT molecular complexity index is 583. The van der Waals surface area contributed by atoms with E-state index in [0.29, 0.717) is 6.79 Å². The molecule has 1 N–H and O–H groups in total. The number of nitrogens with one attached hydrogen (secondary N) is 1. The molecular formula is C15H14ClNO2. The van der Waals surface area contributed by atoms with Crippen molar-refractivity contribution in [3.05, 3.63) is 53.1 Å². The number of ether oxygens (including phenoxy) is 2. The van der Waals surface area contributed by atoms with Crippen molar-refractivity contribution >= 4 is 17.3 Å². The van der Waals surface area contributed by atoms with E-state index in [0.717, 1.165) is 22.2 Å². The van der Waals surface area contributed by atoms with Gasteiger partial charge in [0.2, 0.25) is 6.79 Å². The van der Waals surface area contributed by atoms with Crippen LogP contribution in [0, 0.1) is 0 Å². The van der Waals surface area contributed by atoms with E-state index in [9.17, 15) is 0 Å². The van der Waals surface area contributed by atoms with E-state index < -0.39 is 0 Å². The van der Waals surface area contributed by atoms with Crippen molar-refractivity contribution in [2.75, 3.05) is 12.1 Å². The lowest BCUT2D eigenvalue weighted by Gasteiger charge is -2.16. The zero-order valence-corrected chi connectivity index (χ0v) is 11.3. The van der Waals surface area contributed by atoms with Crippen LogP contribution in [0.15, 0.2) is 42.5 Å². The first-order chi connectivity index (χ1) is 9.22. The third-order valence-corrected chi connectivity index (χ3v) is 3.38. The topological polar surface area (TPSA) is 30.5 Å². The highest BCUT2D eigenvalue weighted by Gasteiger charge is 2.14. The summed E-state index contributed by atoms with van der Waals surface area (Å²) in [4.78, 5) is 0. The largest absolute Gasteiger partial charge is 0.454 e. The van der Waals surface area contributed by atoms with E-state index in [1.165, 1.54) is 5.56 Å². The Morgan fingerprint density at radius 2 is 1.79 bits per heavy atom. The Kier molecular flexibility index (Phi) is 3.22. The molecule has 2 aromatic rings. The Labute approximate surface area is 117 Å². The molecule has 1 aliphatic heterocycles. The van der Waals surface area contributed by atoms with Gasteiger partial charge in [-0.3, -0.25) is 0 Å². The van der Waals surface area contributed by atoms with Crippen LogP contribution in [0.2, 0.25) is 5.02 Å². The van der Waals surface area contributed by atoms with Gasteiger partial charge in [-0.05, 0) is 36.8 Å². The predicted octanol–water partition coefficient (Wildman–Crippen LogP) is 4.24. The third kappa shape index (κ3) is 2.61. The molecule has 0 aliphatic carbocycles. The Hall–Kier alpha value is -1.87. The zero-order chi connectivity index (χ0) is 13.2. The highest BCUT2D eigenvalue weighted by molar-refractivity contribution is 6.30. The Balaban J connectivity index is 1.75. The second-order valence-corrected chi connectivity index (χ2v) is 4.92. The van der Waals surface area contributed by atoms with Crippen LogP contribution in [-0.4, -0.2) is 6.79 Å². The van der Waals surface area contributed by atoms with Crippen LogP contribution in [0.4, 0.5) is 5.69 Å². The van der Waals surface area contributed by atoms with Crippen molar-refractivity contribution < 1.29 is 9.47 Å². The van der Waals surface area contributed by atoms with Crippen molar-refractivity contribution in [2.24, 2.45) is 0 Å². The highest BCUT2D eigenvalue weighted by atomic mass is 35.5. The van der Waals surface area contributed by atoms with Crippen molar-refractivity contribution in [1.29, 1.82) is 0 Å². The van der Waals surface area contributed by atoms with Crippen LogP contribution in [0.1, 0.15) is 18.5 Å². The van der Waals surface area contributed by atoms with Gasteiger partial charge in [0.1, 0.15) is 0 Å². The van der Waals surface area contributed by atoms with E-state index in [1.54, 1.807) is 0 Å². The Morgan fingerprint density at radius 3 is 2.58 bits per heavy atom. The molecule has 1 atom stereocenters. The summed E-state index contributed by atoms with van der Waals surface area (Å²) < 4.78 is 10.7. The standard InChI is InChI=1S/C15H14ClNO2/c1-10(11-2-4-12(16)5-3-11)17-13-6-7-14-15(8-13)19-9-18-14/h2-8,10,17H,9H2,1H3. The van der Waals surface area contributed by atoms with Crippen molar-refractivity contribution in [2.45, 2.75) is 13.0 Å². The first-order valence-electron chi connectivity index (χ1n) is 6.14. The fraction of sp³-hybridized carbons (Fsp3) is 0.200. The fourth-order valence-corrected chi connectivity index (χ4v) is 2.20. The van der Waals surface area contributed by atoms with E-state index in [1.807, 2.05) is 42.5 Å². The number of fused-ring (bicyclic) bond motifs is 1. The van der Waals surface area contributed by atoms with Crippen LogP contribution in [0.3, 0.4) is 0 Å². The molecule has 0 radical (unpaired) electrons. The molecular weight excluding hydrogens is 262 g/mol. The molecule has 98 valence electrons. The van der Waals surface area contributed by atoms with Gasteiger partial charge in [0.05, 0.1) is 0 Å². The molecule has 0 aromatic heterocycles. The van der Waals surface area contributed by atoms with Crippen molar-refractivity contribution in [3.63, 3.8) is 0 Å². The zero-order valence-electron chi connectivity index (χ0n) is 10.5. The van der Waals surface area contributed by atoms with Gasteiger partial charge in [-0.2, -0.15) is 0 Å². The molecule has 0 saturated heterocycles. The third-order valence-electron chi connectivity index (χ3n) is 3.13. The quantitative estimate of drug-likeness (QED) is 0.909. The molecule has 0 fully saturated rings. The molecule has 1 unspecified atom stereocenters. The van der Waals surface area contributed by atoms with Crippen LogP contribution < -0.4 is 14.8 Å². The molecule has 2 aromatic carbocycles. The summed E-state index contributed by atoms with van der Waals surface area (Å²) in [5, 5.41) is 4.18. The number of hydrogen-bond acceptors (Lipinski definition) is 3. The van der Waals surface area contributed by atoms with E-state index in [4.69, 9.17) is 21.1 Å². The highest BCUT2D eigenvalue weighted by Crippen LogP contribution is 2.35. The smallest absolute Gasteiger partial charge is 0.231 e. The first-order valence-corrected chi connectivity index (χ1v) is 6.52. The summed E-state index contributed by atoms with van der Waals surface area (Å²) in [6, 6.07) is 13.9. The maximum Gasteiger partial charge on any atom is 0.231 e. The summed E-state index contributed by atoms with van der Waals surface area (Å²) in [6.07, 6.45) is 0. The van der Waals surface area contributed by atoms with Gasteiger partial charge < -0.3 is 14.8 Å². The molecule has 3 nitrogen and oxygen atoms in total. The maximum atomic E-state index is 5.89. The molecule has 1 heterocycles. The minimum Gasteiger partial charge on any atom is -0.454 e. The summed E-state index contributed by atoms with van der Waals surface area (Å²) >= 11 is 5.89. The number of rotatable bonds is 3. The van der Waals surface area contributed by atoms with Gasteiger partial charge >= 0.3 is 0 Å². The van der Waals surface area contributed by atoms with Gasteiger partial charge in [-0.15, -0.1) is 0 Å². The summed E-state index contributed by atoms with van der Waals surface area (Å²) in [6.45, 7) is 2.40. The monoisotopic (exact) mass is 275 g/mol. The lowest BCUT2D eigenvalue weighted by Crippen LogP contribution is -2.06. The van der Waals surface area contributed by atoms with Crippen LogP contribution in [-0.2, 0) is 0 Å². The lowest BCUT2D eigenvalue weighted by atomic mass is 10.1. The molecule has 4 heteroatoms. The number of benzene rings is 2. The number of anilines is 1. The molecule has 0 saturated carbocycles. The first kappa shape index (κ1) is 12.2. The summed E-state index contributed by atoms with van der Waals surface area (Å²) in [5.74, 6) is 1.58. The Morgan fingerprint density at radius 1 is 1.05 bits per heavy atom. The number of halogens is 1. The molecule has 0 spiro atoms. The minimum absolute atomic E-state index is 0.192. The minimum atomic E-state index is 0.192. The molecule has 19 heavy (non-hydrogen) atoms. The van der Waals surface area contributed by atoms with Crippen LogP contribution in [0.5, 0.6) is 11.5 Å². The van der Waals surface area contributed by atoms with Crippen LogP contribution >= 0.6 is 11.6 Å². The second kappa shape index (κ2) is 5.02. The normalized spacial score (nSPS) is 14.2. The average molecular weight is 276 g/mol. The van der Waals surface area contributed by atoms with Gasteiger partial charge in [0.25, 0.3) is 0 Å². The van der Waals surface area contributed by atoms with Gasteiger partial charge in [0.15, 0.2) is 11.5 Å². The summed E-state index contributed by atoms with van der Waals surface area (Å²) in [7, 11) is 0. The van der Waals surface area contributed by atoms with Crippen molar-refractivity contribution in [1.82, 2.24) is 0 Å². The molecule has 1 aliphatic rings. The van der Waals surface area contributed by atoms with Gasteiger partial charge in [-0.1, -0.05) is 23.7 Å². The van der Waals surface area contributed by atoms with E-state index in [-0.39, 0.29) is 6.04 Å². The molecule has 0 bridgehead atoms. The SMILES string of the molecule is CC(Nc1ccc2c(c1)OCO2)c1ccc(Cl)cc1. The van der Waals surface area contributed by atoms with Crippen molar-refractivity contribution in [3.8, 4) is 11.5 Å². The second-order valence-electron chi connectivity index (χ2n) is 4.49. The molecule has 0 amide bonds. The fourth-order valence-electron chi connectivity index (χ4n) is 2.07. The van der Waals surface area contributed by atoms with Crippen LogP contribution in [0.25, 0.3) is 0 Å². The van der Waals surface area contributed by atoms with Gasteiger partial charge in [-0.25, -0.2) is 0 Å². The number of hydrogen-bond donors (Lipinski definition) is 1. The van der Waals surface area contributed by atoms with E-state index >= 15 is 0 Å². The lowest BCUT2D eigenvalue weighted by molar-refractivity contribution is 0.174. The predicted molar refractivity (Wildman–Crippen MR) is 76.1 cm³/mol. The maximum absolute atomic E-state index is 5.89. The van der Waals surface area contributed by atoms with Gasteiger partial charge in [0, 0.05) is 22.8 Å².